The number of amides is 2. The number of aryl methyl sites for hydroxylation is 1. The zero-order chi connectivity index (χ0) is 27.3. The van der Waals surface area contributed by atoms with E-state index in [9.17, 15) is 28.1 Å². The summed E-state index contributed by atoms with van der Waals surface area (Å²) in [6, 6.07) is 12.4. The second-order valence-electron chi connectivity index (χ2n) is 9.74. The molecule has 10 nitrogen and oxygen atoms in total. The van der Waals surface area contributed by atoms with E-state index in [4.69, 9.17) is 0 Å². The Hall–Kier alpha value is -3.47. The summed E-state index contributed by atoms with van der Waals surface area (Å²) in [5.41, 5.74) is 0.616. The first-order valence-corrected chi connectivity index (χ1v) is 13.3. The van der Waals surface area contributed by atoms with Crippen LogP contribution in [0.3, 0.4) is 0 Å². The van der Waals surface area contributed by atoms with E-state index in [1.807, 2.05) is 51.1 Å². The van der Waals surface area contributed by atoms with Crippen LogP contribution in [0.5, 0.6) is 0 Å². The van der Waals surface area contributed by atoms with E-state index in [0.29, 0.717) is 12.0 Å². The van der Waals surface area contributed by atoms with E-state index >= 15 is 0 Å². The summed E-state index contributed by atoms with van der Waals surface area (Å²) >= 11 is 0. The highest BCUT2D eigenvalue weighted by molar-refractivity contribution is 7.92. The first-order valence-electron chi connectivity index (χ1n) is 11.5. The lowest BCUT2D eigenvalue weighted by Gasteiger charge is -2.33. The molecule has 0 fully saturated rings. The number of sulfonamides is 1. The van der Waals surface area contributed by atoms with Gasteiger partial charge in [0, 0.05) is 24.2 Å². The molecule has 0 saturated carbocycles. The number of hydrogen-bond donors (Lipinski definition) is 1. The van der Waals surface area contributed by atoms with Gasteiger partial charge in [0.2, 0.25) is 21.8 Å². The number of rotatable bonds is 10. The fraction of sp³-hybridized carbons (Fsp3) is 0.440. The molecule has 1 atom stereocenters. The average molecular weight is 519 g/mol. The molecule has 0 saturated heterocycles. The van der Waals surface area contributed by atoms with Gasteiger partial charge in [0.1, 0.15) is 12.6 Å². The van der Waals surface area contributed by atoms with Crippen LogP contribution in [0.4, 0.5) is 11.4 Å². The van der Waals surface area contributed by atoms with Gasteiger partial charge in [-0.1, -0.05) is 36.4 Å². The number of nitro benzene ring substituents is 1. The van der Waals surface area contributed by atoms with E-state index in [1.54, 1.807) is 13.8 Å². The molecule has 196 valence electrons. The normalized spacial score (nSPS) is 12.5. The average Bonchev–Trinajstić information content (AvgIpc) is 2.76. The van der Waals surface area contributed by atoms with Crippen LogP contribution in [0.15, 0.2) is 48.5 Å². The number of nitro groups is 1. The SMILES string of the molecule is Cc1ccc([N+](=O)[O-])cc1N(CC(=O)N(CCc1ccccc1)[C@H](C)C(=O)NC(C)(C)C)S(C)(=O)=O. The minimum absolute atomic E-state index is 0.0369. The number of benzene rings is 2. The van der Waals surface area contributed by atoms with Gasteiger partial charge in [-0.3, -0.25) is 24.0 Å². The van der Waals surface area contributed by atoms with E-state index in [-0.39, 0.29) is 23.8 Å². The summed E-state index contributed by atoms with van der Waals surface area (Å²) in [6.45, 7) is 8.23. The fourth-order valence-electron chi connectivity index (χ4n) is 3.62. The molecule has 0 radical (unpaired) electrons. The minimum atomic E-state index is -3.99. The maximum Gasteiger partial charge on any atom is 0.271 e. The third-order valence-electron chi connectivity index (χ3n) is 5.50. The van der Waals surface area contributed by atoms with Crippen molar-refractivity contribution in [3.05, 3.63) is 69.8 Å². The quantitative estimate of drug-likeness (QED) is 0.380. The van der Waals surface area contributed by atoms with Gasteiger partial charge in [-0.15, -0.1) is 0 Å². The summed E-state index contributed by atoms with van der Waals surface area (Å²) < 4.78 is 26.2. The molecule has 0 heterocycles. The molecule has 0 aliphatic heterocycles. The smallest absolute Gasteiger partial charge is 0.271 e. The van der Waals surface area contributed by atoms with Crippen molar-refractivity contribution in [3.8, 4) is 0 Å². The van der Waals surface area contributed by atoms with Gasteiger partial charge in [-0.25, -0.2) is 8.42 Å². The van der Waals surface area contributed by atoms with Gasteiger partial charge in [-0.2, -0.15) is 0 Å². The van der Waals surface area contributed by atoms with Crippen LogP contribution in [-0.2, 0) is 26.0 Å². The fourth-order valence-corrected chi connectivity index (χ4v) is 4.52. The van der Waals surface area contributed by atoms with Crippen LogP contribution in [0, 0.1) is 17.0 Å². The van der Waals surface area contributed by atoms with E-state index in [1.165, 1.54) is 17.0 Å². The Kier molecular flexibility index (Phi) is 9.20. The Balaban J connectivity index is 2.42. The molecule has 11 heteroatoms. The highest BCUT2D eigenvalue weighted by atomic mass is 32.2. The molecule has 0 unspecified atom stereocenters. The Bertz CT molecular complexity index is 1210. The predicted octanol–water partition coefficient (Wildman–Crippen LogP) is 3.04. The summed E-state index contributed by atoms with van der Waals surface area (Å²) in [4.78, 5) is 38.5. The number of carbonyl (C=O) groups excluding carboxylic acids is 2. The molecule has 2 amide bonds. The molecule has 0 aliphatic rings. The number of non-ortho nitro benzene ring substituents is 1. The zero-order valence-electron chi connectivity index (χ0n) is 21.5. The van der Waals surface area contributed by atoms with E-state index < -0.39 is 39.0 Å². The van der Waals surface area contributed by atoms with Crippen molar-refractivity contribution in [2.45, 2.75) is 52.6 Å². The van der Waals surface area contributed by atoms with Crippen molar-refractivity contribution in [3.63, 3.8) is 0 Å². The molecule has 0 aromatic heterocycles. The monoisotopic (exact) mass is 518 g/mol. The summed E-state index contributed by atoms with van der Waals surface area (Å²) in [7, 11) is -3.99. The third-order valence-corrected chi connectivity index (χ3v) is 6.63. The number of nitrogens with zero attached hydrogens (tertiary/aromatic N) is 3. The Morgan fingerprint density at radius 3 is 2.25 bits per heavy atom. The van der Waals surface area contributed by atoms with Gasteiger partial charge >= 0.3 is 0 Å². The Labute approximate surface area is 212 Å². The third kappa shape index (κ3) is 8.04. The highest BCUT2D eigenvalue weighted by Crippen LogP contribution is 2.27. The number of anilines is 1. The number of carbonyl (C=O) groups is 2. The molecule has 2 aromatic carbocycles. The highest BCUT2D eigenvalue weighted by Gasteiger charge is 2.32. The number of nitrogens with one attached hydrogen (secondary N) is 1. The van der Waals surface area contributed by atoms with Crippen molar-refractivity contribution in [2.24, 2.45) is 0 Å². The van der Waals surface area contributed by atoms with Gasteiger partial charge in [0.25, 0.3) is 5.69 Å². The molecule has 2 aromatic rings. The minimum Gasteiger partial charge on any atom is -0.350 e. The lowest BCUT2D eigenvalue weighted by Crippen LogP contribution is -2.55. The Morgan fingerprint density at radius 2 is 1.72 bits per heavy atom. The van der Waals surface area contributed by atoms with Crippen molar-refractivity contribution in [2.75, 3.05) is 23.7 Å². The number of hydrogen-bond acceptors (Lipinski definition) is 6. The van der Waals surface area contributed by atoms with Gasteiger partial charge < -0.3 is 10.2 Å². The van der Waals surface area contributed by atoms with Crippen LogP contribution in [0.2, 0.25) is 0 Å². The van der Waals surface area contributed by atoms with Crippen molar-refractivity contribution in [1.29, 1.82) is 0 Å². The summed E-state index contributed by atoms with van der Waals surface area (Å²) in [5, 5.41) is 14.1. The van der Waals surface area contributed by atoms with Gasteiger partial charge in [-0.05, 0) is 52.2 Å². The first-order chi connectivity index (χ1) is 16.6. The second-order valence-corrected chi connectivity index (χ2v) is 11.6. The van der Waals surface area contributed by atoms with Crippen LogP contribution in [0.25, 0.3) is 0 Å². The maximum absolute atomic E-state index is 13.5. The molecule has 0 spiro atoms. The van der Waals surface area contributed by atoms with Crippen molar-refractivity contribution < 1.29 is 22.9 Å². The Morgan fingerprint density at radius 1 is 1.11 bits per heavy atom. The molecular weight excluding hydrogens is 484 g/mol. The molecule has 36 heavy (non-hydrogen) atoms. The zero-order valence-corrected chi connectivity index (χ0v) is 22.3. The predicted molar refractivity (Wildman–Crippen MR) is 139 cm³/mol. The molecule has 2 rings (SSSR count). The van der Waals surface area contributed by atoms with Crippen molar-refractivity contribution >= 4 is 33.2 Å². The summed E-state index contributed by atoms with van der Waals surface area (Å²) in [5.74, 6) is -0.972. The van der Waals surface area contributed by atoms with E-state index in [2.05, 4.69) is 5.32 Å². The van der Waals surface area contributed by atoms with Gasteiger partial charge in [0.05, 0.1) is 16.9 Å². The second kappa shape index (κ2) is 11.5. The molecule has 0 aliphatic carbocycles. The first kappa shape index (κ1) is 28.8. The lowest BCUT2D eigenvalue weighted by atomic mass is 10.1. The van der Waals surface area contributed by atoms with Crippen molar-refractivity contribution in [1.82, 2.24) is 10.2 Å². The molecule has 1 N–H and O–H groups in total. The standard InChI is InChI=1S/C25H34N4O6S/c1-18-12-13-21(29(32)33)16-22(18)28(36(6,34)35)17-23(30)27(15-14-20-10-8-7-9-11-20)19(2)24(31)26-25(3,4)5/h7-13,16,19H,14-15,17H2,1-6H3,(H,26,31)/t19-/m1/s1. The largest absolute Gasteiger partial charge is 0.350 e. The molecular formula is C25H34N4O6S. The molecule has 0 bridgehead atoms. The lowest BCUT2D eigenvalue weighted by molar-refractivity contribution is -0.384. The van der Waals surface area contributed by atoms with E-state index in [0.717, 1.165) is 22.2 Å². The van der Waals surface area contributed by atoms with Crippen LogP contribution >= 0.6 is 0 Å². The summed E-state index contributed by atoms with van der Waals surface area (Å²) in [6.07, 6.45) is 1.39. The van der Waals surface area contributed by atoms with Crippen LogP contribution in [-0.4, -0.2) is 61.0 Å². The van der Waals surface area contributed by atoms with Crippen LogP contribution in [0.1, 0.15) is 38.8 Å². The maximum atomic E-state index is 13.5. The topological polar surface area (TPSA) is 130 Å². The van der Waals surface area contributed by atoms with Crippen LogP contribution < -0.4 is 9.62 Å². The van der Waals surface area contributed by atoms with Gasteiger partial charge in [0.15, 0.2) is 0 Å².